The predicted molar refractivity (Wildman–Crippen MR) is 95.9 cm³/mol. The number of amides is 1. The second-order valence-corrected chi connectivity index (χ2v) is 6.75. The predicted octanol–water partition coefficient (Wildman–Crippen LogP) is 2.17. The van der Waals surface area contributed by atoms with Gasteiger partial charge in [-0.2, -0.15) is 0 Å². The van der Waals surface area contributed by atoms with Crippen LogP contribution >= 0.6 is 0 Å². The Balaban J connectivity index is 1.78. The molecule has 0 unspecified atom stereocenters. The Kier molecular flexibility index (Phi) is 5.61. The normalized spacial score (nSPS) is 17.8. The Morgan fingerprint density at radius 3 is 2.46 bits per heavy atom. The molecule has 0 spiro atoms. The van der Waals surface area contributed by atoms with E-state index >= 15 is 0 Å². The summed E-state index contributed by atoms with van der Waals surface area (Å²) in [5.74, 6) is 1.08. The minimum atomic E-state index is -0.547. The fraction of sp³-hybridized carbons (Fsp3) is 0.611. The molecule has 1 saturated heterocycles. The molecule has 1 aliphatic carbocycles. The molecule has 0 aromatic heterocycles. The third-order valence-electron chi connectivity index (χ3n) is 4.88. The first kappa shape index (κ1) is 18.4. The number of rotatable bonds is 7. The Hall–Kier alpha value is -2.35. The molecule has 1 aliphatic heterocycles. The van der Waals surface area contributed by atoms with Gasteiger partial charge in [0.2, 0.25) is 0 Å². The molecule has 1 aromatic carbocycles. The number of carbonyl (C=O) groups excluding carboxylic acids is 1. The Labute approximate surface area is 152 Å². The fourth-order valence-corrected chi connectivity index (χ4v) is 3.27. The topological polar surface area (TPSA) is 85.2 Å². The summed E-state index contributed by atoms with van der Waals surface area (Å²) >= 11 is 0. The standard InChI is InChI=1S/C18H25N3O5/c1-3-26-17-10-14(15(21(23)24)11-16(17)25-2)18(22)20-8-6-19(7-9-20)12-13-4-5-13/h10-11,13H,3-9,12H2,1-2H3. The van der Waals surface area contributed by atoms with Gasteiger partial charge < -0.3 is 14.4 Å². The zero-order chi connectivity index (χ0) is 18.7. The van der Waals surface area contributed by atoms with Gasteiger partial charge in [0.05, 0.1) is 24.7 Å². The molecular formula is C18H25N3O5. The van der Waals surface area contributed by atoms with E-state index in [0.29, 0.717) is 25.4 Å². The quantitative estimate of drug-likeness (QED) is 0.545. The first-order valence-corrected chi connectivity index (χ1v) is 9.04. The van der Waals surface area contributed by atoms with Gasteiger partial charge in [0, 0.05) is 38.8 Å². The summed E-state index contributed by atoms with van der Waals surface area (Å²) in [7, 11) is 1.42. The highest BCUT2D eigenvalue weighted by atomic mass is 16.6. The summed E-state index contributed by atoms with van der Waals surface area (Å²) in [5, 5.41) is 11.5. The lowest BCUT2D eigenvalue weighted by molar-refractivity contribution is -0.385. The van der Waals surface area contributed by atoms with Crippen LogP contribution < -0.4 is 9.47 Å². The molecule has 0 radical (unpaired) electrons. The van der Waals surface area contributed by atoms with Crippen molar-refractivity contribution in [2.24, 2.45) is 5.92 Å². The highest BCUT2D eigenvalue weighted by Gasteiger charge is 2.31. The van der Waals surface area contributed by atoms with Gasteiger partial charge in [-0.3, -0.25) is 19.8 Å². The van der Waals surface area contributed by atoms with Crippen LogP contribution in [0.5, 0.6) is 11.5 Å². The number of ether oxygens (including phenoxy) is 2. The van der Waals surface area contributed by atoms with Crippen molar-refractivity contribution < 1.29 is 19.2 Å². The first-order valence-electron chi connectivity index (χ1n) is 9.04. The van der Waals surface area contributed by atoms with Crippen molar-refractivity contribution >= 4 is 11.6 Å². The number of nitro benzene ring substituents is 1. The van der Waals surface area contributed by atoms with Crippen LogP contribution in [-0.4, -0.2) is 67.1 Å². The number of benzene rings is 1. The zero-order valence-electron chi connectivity index (χ0n) is 15.3. The molecule has 0 atom stereocenters. The third kappa shape index (κ3) is 4.07. The molecule has 142 valence electrons. The molecule has 8 heteroatoms. The average molecular weight is 363 g/mol. The van der Waals surface area contributed by atoms with Gasteiger partial charge in [0.1, 0.15) is 5.56 Å². The number of hydrogen-bond acceptors (Lipinski definition) is 6. The van der Waals surface area contributed by atoms with Crippen molar-refractivity contribution in [1.82, 2.24) is 9.80 Å². The molecule has 1 aromatic rings. The van der Waals surface area contributed by atoms with Crippen LogP contribution in [0.3, 0.4) is 0 Å². The Bertz CT molecular complexity index is 682. The Morgan fingerprint density at radius 2 is 1.92 bits per heavy atom. The molecule has 1 saturated carbocycles. The van der Waals surface area contributed by atoms with Crippen LogP contribution in [0, 0.1) is 16.0 Å². The van der Waals surface area contributed by atoms with E-state index in [4.69, 9.17) is 9.47 Å². The SMILES string of the molecule is CCOc1cc(C(=O)N2CCN(CC3CC3)CC2)c([N+](=O)[O-])cc1OC. The number of hydrogen-bond donors (Lipinski definition) is 0. The number of nitro groups is 1. The first-order chi connectivity index (χ1) is 12.5. The largest absolute Gasteiger partial charge is 0.493 e. The summed E-state index contributed by atoms with van der Waals surface area (Å²) in [6.45, 7) is 6.06. The summed E-state index contributed by atoms with van der Waals surface area (Å²) in [6, 6.07) is 2.70. The highest BCUT2D eigenvalue weighted by molar-refractivity contribution is 5.99. The monoisotopic (exact) mass is 363 g/mol. The van der Waals surface area contributed by atoms with Gasteiger partial charge in [-0.1, -0.05) is 0 Å². The van der Waals surface area contributed by atoms with E-state index in [1.165, 1.54) is 32.1 Å². The lowest BCUT2D eigenvalue weighted by Gasteiger charge is -2.34. The van der Waals surface area contributed by atoms with Gasteiger partial charge in [-0.05, 0) is 25.7 Å². The number of piperazine rings is 1. The minimum absolute atomic E-state index is 0.0508. The molecule has 1 heterocycles. The molecule has 0 N–H and O–H groups in total. The van der Waals surface area contributed by atoms with E-state index in [0.717, 1.165) is 25.6 Å². The number of nitrogens with zero attached hydrogens (tertiary/aromatic N) is 3. The van der Waals surface area contributed by atoms with E-state index in [2.05, 4.69) is 4.90 Å². The number of carbonyl (C=O) groups is 1. The van der Waals surface area contributed by atoms with Crippen LogP contribution in [-0.2, 0) is 0 Å². The van der Waals surface area contributed by atoms with Crippen molar-refractivity contribution in [2.45, 2.75) is 19.8 Å². The summed E-state index contributed by atoms with van der Waals surface area (Å²) in [4.78, 5) is 27.9. The maximum atomic E-state index is 12.9. The molecule has 3 rings (SSSR count). The maximum absolute atomic E-state index is 12.9. The smallest absolute Gasteiger partial charge is 0.286 e. The molecule has 2 aliphatic rings. The van der Waals surface area contributed by atoms with Gasteiger partial charge in [0.25, 0.3) is 11.6 Å². The third-order valence-corrected chi connectivity index (χ3v) is 4.88. The zero-order valence-corrected chi connectivity index (χ0v) is 15.3. The lowest BCUT2D eigenvalue weighted by Crippen LogP contribution is -2.49. The second kappa shape index (κ2) is 7.90. The van der Waals surface area contributed by atoms with Crippen molar-refractivity contribution in [2.75, 3.05) is 46.4 Å². The molecule has 0 bridgehead atoms. The van der Waals surface area contributed by atoms with Gasteiger partial charge in [-0.15, -0.1) is 0 Å². The molecule has 26 heavy (non-hydrogen) atoms. The van der Waals surface area contributed by atoms with E-state index in [-0.39, 0.29) is 22.9 Å². The highest BCUT2D eigenvalue weighted by Crippen LogP contribution is 2.35. The van der Waals surface area contributed by atoms with Gasteiger partial charge in [-0.25, -0.2) is 0 Å². The Morgan fingerprint density at radius 1 is 1.23 bits per heavy atom. The average Bonchev–Trinajstić information content (AvgIpc) is 3.45. The van der Waals surface area contributed by atoms with E-state index < -0.39 is 4.92 Å². The lowest BCUT2D eigenvalue weighted by atomic mass is 10.1. The molecular weight excluding hydrogens is 338 g/mol. The van der Waals surface area contributed by atoms with Crippen LogP contribution in [0.25, 0.3) is 0 Å². The molecule has 2 fully saturated rings. The summed E-state index contributed by atoms with van der Waals surface area (Å²) < 4.78 is 10.6. The summed E-state index contributed by atoms with van der Waals surface area (Å²) in [6.07, 6.45) is 2.61. The maximum Gasteiger partial charge on any atom is 0.286 e. The molecule has 8 nitrogen and oxygen atoms in total. The van der Waals surface area contributed by atoms with Crippen molar-refractivity contribution in [3.63, 3.8) is 0 Å². The second-order valence-electron chi connectivity index (χ2n) is 6.75. The number of methoxy groups -OCH3 is 1. The van der Waals surface area contributed by atoms with Crippen LogP contribution in [0.15, 0.2) is 12.1 Å². The van der Waals surface area contributed by atoms with Crippen molar-refractivity contribution in [3.05, 3.63) is 27.8 Å². The van der Waals surface area contributed by atoms with Crippen LogP contribution in [0.4, 0.5) is 5.69 Å². The van der Waals surface area contributed by atoms with Crippen LogP contribution in [0.2, 0.25) is 0 Å². The van der Waals surface area contributed by atoms with Crippen molar-refractivity contribution in [3.8, 4) is 11.5 Å². The van der Waals surface area contributed by atoms with E-state index in [1.807, 2.05) is 0 Å². The van der Waals surface area contributed by atoms with Crippen molar-refractivity contribution in [1.29, 1.82) is 0 Å². The fourth-order valence-electron chi connectivity index (χ4n) is 3.27. The van der Waals surface area contributed by atoms with E-state index in [1.54, 1.807) is 11.8 Å². The van der Waals surface area contributed by atoms with E-state index in [9.17, 15) is 14.9 Å². The van der Waals surface area contributed by atoms with Gasteiger partial charge >= 0.3 is 0 Å². The minimum Gasteiger partial charge on any atom is -0.493 e. The van der Waals surface area contributed by atoms with Crippen LogP contribution in [0.1, 0.15) is 30.1 Å². The summed E-state index contributed by atoms with van der Waals surface area (Å²) in [5.41, 5.74) is -0.203. The molecule has 1 amide bonds. The van der Waals surface area contributed by atoms with Gasteiger partial charge in [0.15, 0.2) is 11.5 Å².